The average molecular weight is 364 g/mol. The van der Waals surface area contributed by atoms with Crippen molar-refractivity contribution in [3.05, 3.63) is 65.5 Å². The lowest BCUT2D eigenvalue weighted by atomic mass is 10.2. The van der Waals surface area contributed by atoms with E-state index in [4.69, 9.17) is 0 Å². The van der Waals surface area contributed by atoms with Gasteiger partial charge in [0, 0.05) is 19.5 Å². The number of hydrogen-bond acceptors (Lipinski definition) is 3. The number of carbonyl (C=O) groups is 1. The lowest BCUT2D eigenvalue weighted by Gasteiger charge is -2.22. The van der Waals surface area contributed by atoms with Crippen LogP contribution in [0.1, 0.15) is 17.5 Å². The SMILES string of the molecule is Cc1ccc(N(CCC(=O)NCc2ccc(F)cc2)S(C)(=O)=O)cc1. The van der Waals surface area contributed by atoms with E-state index < -0.39 is 10.0 Å². The lowest BCUT2D eigenvalue weighted by Crippen LogP contribution is -2.34. The van der Waals surface area contributed by atoms with Crippen molar-refractivity contribution in [3.63, 3.8) is 0 Å². The maximum atomic E-state index is 12.8. The van der Waals surface area contributed by atoms with Crippen LogP contribution >= 0.6 is 0 Å². The molecule has 134 valence electrons. The molecule has 1 N–H and O–H groups in total. The van der Waals surface area contributed by atoms with Crippen LogP contribution in [0.5, 0.6) is 0 Å². The summed E-state index contributed by atoms with van der Waals surface area (Å²) >= 11 is 0. The molecule has 5 nitrogen and oxygen atoms in total. The highest BCUT2D eigenvalue weighted by atomic mass is 32.2. The van der Waals surface area contributed by atoms with Crippen LogP contribution in [0.15, 0.2) is 48.5 Å². The Balaban J connectivity index is 1.94. The molecule has 2 aromatic rings. The molecular formula is C18H21FN2O3S. The van der Waals surface area contributed by atoms with Crippen molar-refractivity contribution in [1.29, 1.82) is 0 Å². The number of rotatable bonds is 7. The van der Waals surface area contributed by atoms with Crippen molar-refractivity contribution in [3.8, 4) is 0 Å². The molecule has 0 atom stereocenters. The number of nitrogens with zero attached hydrogens (tertiary/aromatic N) is 1. The zero-order chi connectivity index (χ0) is 18.4. The quantitative estimate of drug-likeness (QED) is 0.821. The highest BCUT2D eigenvalue weighted by Gasteiger charge is 2.18. The van der Waals surface area contributed by atoms with Crippen molar-refractivity contribution < 1.29 is 17.6 Å². The van der Waals surface area contributed by atoms with Gasteiger partial charge in [-0.1, -0.05) is 29.8 Å². The molecule has 0 aliphatic heterocycles. The largest absolute Gasteiger partial charge is 0.352 e. The predicted octanol–water partition coefficient (Wildman–Crippen LogP) is 2.61. The molecule has 0 saturated heterocycles. The first-order valence-corrected chi connectivity index (χ1v) is 9.66. The smallest absolute Gasteiger partial charge is 0.232 e. The second-order valence-electron chi connectivity index (χ2n) is 5.82. The van der Waals surface area contributed by atoms with Gasteiger partial charge in [-0.05, 0) is 36.8 Å². The van der Waals surface area contributed by atoms with E-state index >= 15 is 0 Å². The monoisotopic (exact) mass is 364 g/mol. The molecule has 0 aliphatic carbocycles. The van der Waals surface area contributed by atoms with Crippen LogP contribution in [0.2, 0.25) is 0 Å². The van der Waals surface area contributed by atoms with Gasteiger partial charge in [-0.2, -0.15) is 0 Å². The molecule has 7 heteroatoms. The fourth-order valence-corrected chi connectivity index (χ4v) is 3.22. The first-order valence-electron chi connectivity index (χ1n) is 7.81. The number of hydrogen-bond donors (Lipinski definition) is 1. The molecule has 25 heavy (non-hydrogen) atoms. The Labute approximate surface area is 147 Å². The fourth-order valence-electron chi connectivity index (χ4n) is 2.29. The standard InChI is InChI=1S/C18H21FN2O3S/c1-14-3-9-17(10-4-14)21(25(2,23)24)12-11-18(22)20-13-15-5-7-16(19)8-6-15/h3-10H,11-13H2,1-2H3,(H,20,22). The highest BCUT2D eigenvalue weighted by molar-refractivity contribution is 7.92. The Bertz CT molecular complexity index is 818. The van der Waals surface area contributed by atoms with Crippen molar-refractivity contribution >= 4 is 21.6 Å². The van der Waals surface area contributed by atoms with E-state index in [0.29, 0.717) is 5.69 Å². The second kappa shape index (κ2) is 8.11. The Morgan fingerprint density at radius 3 is 2.24 bits per heavy atom. The minimum Gasteiger partial charge on any atom is -0.352 e. The first kappa shape index (κ1) is 18.9. The number of carbonyl (C=O) groups excluding carboxylic acids is 1. The van der Waals surface area contributed by atoms with Gasteiger partial charge < -0.3 is 5.32 Å². The summed E-state index contributed by atoms with van der Waals surface area (Å²) in [5, 5.41) is 2.70. The van der Waals surface area contributed by atoms with Gasteiger partial charge in [-0.15, -0.1) is 0 Å². The number of amides is 1. The minimum atomic E-state index is -3.49. The van der Waals surface area contributed by atoms with Gasteiger partial charge in [0.1, 0.15) is 5.82 Å². The average Bonchev–Trinajstić information content (AvgIpc) is 2.55. The molecule has 0 heterocycles. The number of nitrogens with one attached hydrogen (secondary N) is 1. The van der Waals surface area contributed by atoms with Crippen molar-refractivity contribution in [2.45, 2.75) is 19.9 Å². The normalized spacial score (nSPS) is 11.2. The number of benzene rings is 2. The summed E-state index contributed by atoms with van der Waals surface area (Å²) in [7, 11) is -3.49. The van der Waals surface area contributed by atoms with Gasteiger partial charge in [0.2, 0.25) is 15.9 Å². The summed E-state index contributed by atoms with van der Waals surface area (Å²) in [5.74, 6) is -0.609. The van der Waals surface area contributed by atoms with E-state index in [1.807, 2.05) is 19.1 Å². The molecule has 2 rings (SSSR count). The zero-order valence-corrected chi connectivity index (χ0v) is 15.0. The molecule has 2 aromatic carbocycles. The molecule has 0 aromatic heterocycles. The number of aryl methyl sites for hydroxylation is 1. The van der Waals surface area contributed by atoms with E-state index in [9.17, 15) is 17.6 Å². The van der Waals surface area contributed by atoms with Crippen LogP contribution in [0.3, 0.4) is 0 Å². The summed E-state index contributed by atoms with van der Waals surface area (Å²) < 4.78 is 38.1. The molecule has 0 aliphatic rings. The Kier molecular flexibility index (Phi) is 6.14. The van der Waals surface area contributed by atoms with Crippen molar-refractivity contribution in [2.24, 2.45) is 0 Å². The van der Waals surface area contributed by atoms with E-state index in [0.717, 1.165) is 17.4 Å². The molecule has 0 saturated carbocycles. The molecule has 1 amide bonds. The van der Waals surface area contributed by atoms with Crippen LogP contribution in [0.4, 0.5) is 10.1 Å². The maximum Gasteiger partial charge on any atom is 0.232 e. The van der Waals surface area contributed by atoms with E-state index in [1.54, 1.807) is 24.3 Å². The lowest BCUT2D eigenvalue weighted by molar-refractivity contribution is -0.121. The zero-order valence-electron chi connectivity index (χ0n) is 14.2. The molecular weight excluding hydrogens is 343 g/mol. The van der Waals surface area contributed by atoms with Crippen LogP contribution < -0.4 is 9.62 Å². The van der Waals surface area contributed by atoms with Gasteiger partial charge >= 0.3 is 0 Å². The second-order valence-corrected chi connectivity index (χ2v) is 7.73. The van der Waals surface area contributed by atoms with Crippen molar-refractivity contribution in [1.82, 2.24) is 5.32 Å². The molecule has 0 radical (unpaired) electrons. The third kappa shape index (κ3) is 5.86. The van der Waals surface area contributed by atoms with Crippen LogP contribution in [0.25, 0.3) is 0 Å². The van der Waals surface area contributed by atoms with Gasteiger partial charge in [0.05, 0.1) is 11.9 Å². The van der Waals surface area contributed by atoms with Gasteiger partial charge in [0.15, 0.2) is 0 Å². The predicted molar refractivity (Wildman–Crippen MR) is 96.2 cm³/mol. The van der Waals surface area contributed by atoms with Gasteiger partial charge in [-0.3, -0.25) is 9.10 Å². The van der Waals surface area contributed by atoms with Crippen LogP contribution in [-0.2, 0) is 21.4 Å². The fraction of sp³-hybridized carbons (Fsp3) is 0.278. The summed E-state index contributed by atoms with van der Waals surface area (Å²) in [4.78, 5) is 12.0. The molecule has 0 bridgehead atoms. The van der Waals surface area contributed by atoms with E-state index in [1.165, 1.54) is 16.4 Å². The third-order valence-electron chi connectivity index (χ3n) is 3.67. The van der Waals surface area contributed by atoms with Crippen molar-refractivity contribution in [2.75, 3.05) is 17.1 Å². The summed E-state index contributed by atoms with van der Waals surface area (Å²) in [6, 6.07) is 12.9. The molecule has 0 unspecified atom stereocenters. The Hall–Kier alpha value is -2.41. The Morgan fingerprint density at radius 1 is 1.08 bits per heavy atom. The van der Waals surface area contributed by atoms with Crippen LogP contribution in [-0.4, -0.2) is 27.1 Å². The minimum absolute atomic E-state index is 0.0299. The maximum absolute atomic E-state index is 12.8. The number of halogens is 1. The first-order chi connectivity index (χ1) is 11.8. The molecule has 0 fully saturated rings. The molecule has 0 spiro atoms. The topological polar surface area (TPSA) is 66.5 Å². The van der Waals surface area contributed by atoms with Gasteiger partial charge in [-0.25, -0.2) is 12.8 Å². The van der Waals surface area contributed by atoms with E-state index in [2.05, 4.69) is 5.32 Å². The summed E-state index contributed by atoms with van der Waals surface area (Å²) in [5.41, 5.74) is 2.32. The highest BCUT2D eigenvalue weighted by Crippen LogP contribution is 2.18. The summed E-state index contributed by atoms with van der Waals surface area (Å²) in [6.07, 6.45) is 1.14. The third-order valence-corrected chi connectivity index (χ3v) is 4.86. The number of anilines is 1. The number of sulfonamides is 1. The van der Waals surface area contributed by atoms with E-state index in [-0.39, 0.29) is 31.2 Å². The van der Waals surface area contributed by atoms with Crippen LogP contribution in [0, 0.1) is 12.7 Å². The Morgan fingerprint density at radius 2 is 1.68 bits per heavy atom. The van der Waals surface area contributed by atoms with Gasteiger partial charge in [0.25, 0.3) is 0 Å². The summed E-state index contributed by atoms with van der Waals surface area (Å²) in [6.45, 7) is 2.23.